The molecule has 0 saturated heterocycles. The predicted molar refractivity (Wildman–Crippen MR) is 89.1 cm³/mol. The van der Waals surface area contributed by atoms with Crippen molar-refractivity contribution in [3.8, 4) is 0 Å². The van der Waals surface area contributed by atoms with E-state index in [0.717, 1.165) is 12.8 Å². The van der Waals surface area contributed by atoms with Gasteiger partial charge < -0.3 is 19.7 Å². The zero-order valence-electron chi connectivity index (χ0n) is 14.5. The summed E-state index contributed by atoms with van der Waals surface area (Å²) < 4.78 is 9.83. The molecule has 2 aliphatic rings. The molecule has 136 valence electrons. The molecule has 0 aromatic rings. The topological polar surface area (TPSA) is 93.1 Å². The van der Waals surface area contributed by atoms with Crippen molar-refractivity contribution in [2.45, 2.75) is 39.5 Å². The maximum absolute atomic E-state index is 11.7. The highest BCUT2D eigenvalue weighted by Gasteiger charge is 2.48. The van der Waals surface area contributed by atoms with E-state index in [1.807, 2.05) is 24.3 Å². The van der Waals surface area contributed by atoms with Gasteiger partial charge in [0.1, 0.15) is 0 Å². The maximum atomic E-state index is 11.7. The third kappa shape index (κ3) is 4.68. The van der Waals surface area contributed by atoms with Gasteiger partial charge in [-0.15, -0.1) is 0 Å². The molecular weight excluding hydrogens is 312 g/mol. The zero-order valence-corrected chi connectivity index (χ0v) is 14.5. The summed E-state index contributed by atoms with van der Waals surface area (Å²) in [5, 5.41) is 17.6. The summed E-state index contributed by atoms with van der Waals surface area (Å²) in [5.41, 5.74) is -1.34. The van der Waals surface area contributed by atoms with E-state index in [4.69, 9.17) is 19.7 Å². The lowest BCUT2D eigenvalue weighted by Gasteiger charge is -2.23. The minimum atomic E-state index is -1.12. The number of rotatable bonds is 6. The van der Waals surface area contributed by atoms with Gasteiger partial charge in [0, 0.05) is 5.41 Å². The summed E-state index contributed by atoms with van der Waals surface area (Å²) in [6.45, 7) is 4.19. The Balaban J connectivity index is 0.000000272. The standard InChI is InChI=1S/C11H16O4.C7H12O2/c1-3-14-9(12)11(7-5-6-8-11)10(13)15-4-2;8-5-7(6-9)3-1-2-4-7/h5-6H,3-4,7-8H2,1-2H3;1-2,8-9H,3-6H2. The molecule has 0 bridgehead atoms. The molecule has 2 N–H and O–H groups in total. The highest BCUT2D eigenvalue weighted by atomic mass is 16.6. The molecule has 6 heteroatoms. The van der Waals surface area contributed by atoms with Crippen LogP contribution in [0.3, 0.4) is 0 Å². The SMILES string of the molecule is CCOC(=O)C1(C(=O)OCC)CC=CC1.OCC1(CO)CC=CC1. The number of hydrogen-bond donors (Lipinski definition) is 2. The van der Waals surface area contributed by atoms with Crippen molar-refractivity contribution in [2.24, 2.45) is 10.8 Å². The second kappa shape index (κ2) is 9.59. The minimum Gasteiger partial charge on any atom is -0.465 e. The molecule has 0 spiro atoms. The largest absolute Gasteiger partial charge is 0.465 e. The van der Waals surface area contributed by atoms with E-state index < -0.39 is 17.4 Å². The first kappa shape index (κ1) is 20.4. The monoisotopic (exact) mass is 340 g/mol. The molecule has 24 heavy (non-hydrogen) atoms. The minimum absolute atomic E-state index is 0.0938. The van der Waals surface area contributed by atoms with Gasteiger partial charge in [-0.2, -0.15) is 0 Å². The van der Waals surface area contributed by atoms with Crippen LogP contribution in [-0.4, -0.2) is 48.6 Å². The number of carbonyl (C=O) groups is 2. The second-order valence-corrected chi connectivity index (χ2v) is 6.10. The number of esters is 2. The van der Waals surface area contributed by atoms with Crippen LogP contribution in [0.25, 0.3) is 0 Å². The molecule has 0 unspecified atom stereocenters. The van der Waals surface area contributed by atoms with Crippen LogP contribution in [0, 0.1) is 10.8 Å². The van der Waals surface area contributed by atoms with Crippen molar-refractivity contribution < 1.29 is 29.3 Å². The number of carbonyl (C=O) groups excluding carboxylic acids is 2. The molecule has 0 radical (unpaired) electrons. The van der Waals surface area contributed by atoms with Gasteiger partial charge >= 0.3 is 11.9 Å². The summed E-state index contributed by atoms with van der Waals surface area (Å²) in [5.74, 6) is -0.957. The van der Waals surface area contributed by atoms with Crippen molar-refractivity contribution in [1.82, 2.24) is 0 Å². The first-order valence-electron chi connectivity index (χ1n) is 8.36. The normalized spacial score (nSPS) is 19.5. The van der Waals surface area contributed by atoms with E-state index >= 15 is 0 Å². The van der Waals surface area contributed by atoms with Crippen molar-refractivity contribution >= 4 is 11.9 Å². The van der Waals surface area contributed by atoms with Gasteiger partial charge in [-0.25, -0.2) is 0 Å². The maximum Gasteiger partial charge on any atom is 0.324 e. The van der Waals surface area contributed by atoms with Crippen LogP contribution in [0.15, 0.2) is 24.3 Å². The lowest BCUT2D eigenvalue weighted by Crippen LogP contribution is -2.40. The fraction of sp³-hybridized carbons (Fsp3) is 0.667. The lowest BCUT2D eigenvalue weighted by molar-refractivity contribution is -0.171. The third-order valence-corrected chi connectivity index (χ3v) is 4.37. The van der Waals surface area contributed by atoms with Crippen LogP contribution >= 0.6 is 0 Å². The van der Waals surface area contributed by atoms with Crippen LogP contribution in [0.5, 0.6) is 0 Å². The summed E-state index contributed by atoms with van der Waals surface area (Å²) in [4.78, 5) is 23.4. The predicted octanol–water partition coefficient (Wildman–Crippen LogP) is 1.76. The van der Waals surface area contributed by atoms with Gasteiger partial charge in [-0.3, -0.25) is 9.59 Å². The Morgan fingerprint density at radius 2 is 1.21 bits per heavy atom. The van der Waals surface area contributed by atoms with Gasteiger partial charge in [-0.1, -0.05) is 24.3 Å². The molecule has 0 aromatic heterocycles. The van der Waals surface area contributed by atoms with E-state index in [1.165, 1.54) is 0 Å². The van der Waals surface area contributed by atoms with Crippen molar-refractivity contribution in [1.29, 1.82) is 0 Å². The molecular formula is C18H28O6. The smallest absolute Gasteiger partial charge is 0.324 e. The molecule has 0 aromatic carbocycles. The number of ether oxygens (including phenoxy) is 2. The van der Waals surface area contributed by atoms with Crippen LogP contribution in [0.4, 0.5) is 0 Å². The van der Waals surface area contributed by atoms with Gasteiger partial charge in [0.05, 0.1) is 26.4 Å². The first-order valence-corrected chi connectivity index (χ1v) is 8.36. The molecule has 0 aliphatic heterocycles. The van der Waals surface area contributed by atoms with Gasteiger partial charge in [-0.05, 0) is 39.5 Å². The van der Waals surface area contributed by atoms with Crippen LogP contribution in [0.2, 0.25) is 0 Å². The number of aliphatic hydroxyl groups excluding tert-OH is 2. The average molecular weight is 340 g/mol. The van der Waals surface area contributed by atoms with E-state index in [9.17, 15) is 9.59 Å². The Morgan fingerprint density at radius 3 is 1.50 bits per heavy atom. The van der Waals surface area contributed by atoms with Crippen LogP contribution < -0.4 is 0 Å². The molecule has 0 heterocycles. The van der Waals surface area contributed by atoms with Gasteiger partial charge in [0.25, 0.3) is 0 Å². The average Bonchev–Trinajstić information content (AvgIpc) is 3.26. The zero-order chi connectivity index (χ0) is 18.1. The lowest BCUT2D eigenvalue weighted by atomic mass is 9.85. The molecule has 2 rings (SSSR count). The molecule has 0 atom stereocenters. The molecule has 6 nitrogen and oxygen atoms in total. The summed E-state index contributed by atoms with van der Waals surface area (Å²) in [6, 6.07) is 0. The Hall–Kier alpha value is -1.66. The number of allylic oxidation sites excluding steroid dienone is 4. The van der Waals surface area contributed by atoms with E-state index in [1.54, 1.807) is 13.8 Å². The van der Waals surface area contributed by atoms with E-state index in [2.05, 4.69) is 0 Å². The van der Waals surface area contributed by atoms with Crippen molar-refractivity contribution in [3.63, 3.8) is 0 Å². The third-order valence-electron chi connectivity index (χ3n) is 4.37. The highest BCUT2D eigenvalue weighted by molar-refractivity contribution is 6.01. The quantitative estimate of drug-likeness (QED) is 0.435. The van der Waals surface area contributed by atoms with Gasteiger partial charge in [0.15, 0.2) is 5.41 Å². The summed E-state index contributed by atoms with van der Waals surface area (Å²) in [7, 11) is 0. The Labute approximate surface area is 143 Å². The Kier molecular flexibility index (Phi) is 8.15. The van der Waals surface area contributed by atoms with Crippen LogP contribution in [-0.2, 0) is 19.1 Å². The van der Waals surface area contributed by atoms with E-state index in [-0.39, 0.29) is 31.8 Å². The van der Waals surface area contributed by atoms with E-state index in [0.29, 0.717) is 12.8 Å². The van der Waals surface area contributed by atoms with Crippen molar-refractivity contribution in [3.05, 3.63) is 24.3 Å². The summed E-state index contributed by atoms with van der Waals surface area (Å²) >= 11 is 0. The Bertz CT molecular complexity index is 438. The van der Waals surface area contributed by atoms with Crippen molar-refractivity contribution in [2.75, 3.05) is 26.4 Å². The summed E-state index contributed by atoms with van der Waals surface area (Å²) in [6.07, 6.45) is 10.0. The number of hydrogen-bond acceptors (Lipinski definition) is 6. The molecule has 2 aliphatic carbocycles. The fourth-order valence-corrected chi connectivity index (χ4v) is 2.67. The number of aliphatic hydroxyl groups is 2. The Morgan fingerprint density at radius 1 is 0.833 bits per heavy atom. The highest BCUT2D eigenvalue weighted by Crippen LogP contribution is 2.36. The molecule has 0 amide bonds. The van der Waals surface area contributed by atoms with Crippen LogP contribution in [0.1, 0.15) is 39.5 Å². The first-order chi connectivity index (χ1) is 11.5. The second-order valence-electron chi connectivity index (χ2n) is 6.10. The van der Waals surface area contributed by atoms with Gasteiger partial charge in [0.2, 0.25) is 0 Å². The molecule has 0 fully saturated rings. The fourth-order valence-electron chi connectivity index (χ4n) is 2.67. The molecule has 0 saturated carbocycles.